The molecule has 0 radical (unpaired) electrons. The predicted octanol–water partition coefficient (Wildman–Crippen LogP) is 2.51. The van der Waals surface area contributed by atoms with Gasteiger partial charge in [0.25, 0.3) is 5.91 Å². The van der Waals surface area contributed by atoms with Gasteiger partial charge in [0, 0.05) is 24.7 Å². The minimum absolute atomic E-state index is 0.0179. The van der Waals surface area contributed by atoms with Gasteiger partial charge >= 0.3 is 0 Å². The van der Waals surface area contributed by atoms with E-state index in [-0.39, 0.29) is 11.3 Å². The lowest BCUT2D eigenvalue weighted by Crippen LogP contribution is -2.48. The number of aryl methyl sites for hydroxylation is 4. The number of carbonyl (C=O) groups excluding carboxylic acids is 1. The SMILES string of the molecule is Cc1ncc2c(n1)C1(CCCN(C(=O)c3c(C)noc3C)C1)CC2. The van der Waals surface area contributed by atoms with Crippen molar-refractivity contribution in [1.29, 1.82) is 0 Å². The first-order valence-electron chi connectivity index (χ1n) is 8.55. The molecule has 24 heavy (non-hydrogen) atoms. The van der Waals surface area contributed by atoms with Gasteiger partial charge in [-0.2, -0.15) is 0 Å². The fourth-order valence-corrected chi connectivity index (χ4v) is 4.28. The lowest BCUT2D eigenvalue weighted by molar-refractivity contribution is 0.0631. The monoisotopic (exact) mass is 326 g/mol. The largest absolute Gasteiger partial charge is 0.361 e. The molecule has 1 aliphatic carbocycles. The number of hydrogen-bond donors (Lipinski definition) is 0. The molecule has 1 fully saturated rings. The van der Waals surface area contributed by atoms with Crippen LogP contribution in [0.3, 0.4) is 0 Å². The molecule has 0 aromatic carbocycles. The Morgan fingerprint density at radius 3 is 2.88 bits per heavy atom. The Labute approximate surface area is 141 Å². The summed E-state index contributed by atoms with van der Waals surface area (Å²) in [6.07, 6.45) is 6.09. The van der Waals surface area contributed by atoms with Crippen molar-refractivity contribution in [2.45, 2.75) is 51.9 Å². The number of aromatic nitrogens is 3. The third-order valence-corrected chi connectivity index (χ3v) is 5.47. The van der Waals surface area contributed by atoms with Crippen molar-refractivity contribution < 1.29 is 9.32 Å². The molecular weight excluding hydrogens is 304 g/mol. The van der Waals surface area contributed by atoms with E-state index in [1.165, 1.54) is 5.56 Å². The summed E-state index contributed by atoms with van der Waals surface area (Å²) in [5.74, 6) is 1.44. The van der Waals surface area contributed by atoms with E-state index in [0.29, 0.717) is 17.0 Å². The van der Waals surface area contributed by atoms with Crippen LogP contribution >= 0.6 is 0 Å². The standard InChI is InChI=1S/C18H22N4O2/c1-11-15(12(2)24-21-11)17(23)22-8-4-6-18(10-22)7-5-14-9-19-13(3)20-16(14)18/h9H,4-8,10H2,1-3H3. The number of piperidine rings is 1. The van der Waals surface area contributed by atoms with Crippen LogP contribution in [0.1, 0.15) is 58.2 Å². The number of amides is 1. The van der Waals surface area contributed by atoms with Gasteiger partial charge in [0.2, 0.25) is 0 Å². The van der Waals surface area contributed by atoms with Crippen molar-refractivity contribution in [1.82, 2.24) is 20.0 Å². The second kappa shape index (κ2) is 5.40. The molecule has 6 heteroatoms. The lowest BCUT2D eigenvalue weighted by Gasteiger charge is -2.40. The van der Waals surface area contributed by atoms with Crippen LogP contribution in [0.2, 0.25) is 0 Å². The van der Waals surface area contributed by atoms with Crippen molar-refractivity contribution in [2.75, 3.05) is 13.1 Å². The quantitative estimate of drug-likeness (QED) is 0.805. The van der Waals surface area contributed by atoms with Crippen molar-refractivity contribution in [3.05, 3.63) is 40.3 Å². The zero-order valence-electron chi connectivity index (χ0n) is 14.4. The van der Waals surface area contributed by atoms with Crippen LogP contribution in [0, 0.1) is 20.8 Å². The van der Waals surface area contributed by atoms with E-state index < -0.39 is 0 Å². The molecule has 4 rings (SSSR count). The highest BCUT2D eigenvalue weighted by atomic mass is 16.5. The fraction of sp³-hybridized carbons (Fsp3) is 0.556. The summed E-state index contributed by atoms with van der Waals surface area (Å²) >= 11 is 0. The molecule has 6 nitrogen and oxygen atoms in total. The Hall–Kier alpha value is -2.24. The summed E-state index contributed by atoms with van der Waals surface area (Å²) in [7, 11) is 0. The molecule has 1 aliphatic heterocycles. The topological polar surface area (TPSA) is 72.1 Å². The summed E-state index contributed by atoms with van der Waals surface area (Å²) in [6, 6.07) is 0. The molecule has 3 heterocycles. The van der Waals surface area contributed by atoms with Crippen molar-refractivity contribution in [2.24, 2.45) is 0 Å². The van der Waals surface area contributed by atoms with Crippen LogP contribution < -0.4 is 0 Å². The van der Waals surface area contributed by atoms with Gasteiger partial charge in [0.05, 0.1) is 11.4 Å². The molecule has 0 saturated carbocycles. The Morgan fingerprint density at radius 1 is 1.29 bits per heavy atom. The number of nitrogens with zero attached hydrogens (tertiary/aromatic N) is 4. The summed E-state index contributed by atoms with van der Waals surface area (Å²) in [5.41, 5.74) is 3.67. The maximum absolute atomic E-state index is 13.0. The van der Waals surface area contributed by atoms with Crippen molar-refractivity contribution >= 4 is 5.91 Å². The third-order valence-electron chi connectivity index (χ3n) is 5.47. The van der Waals surface area contributed by atoms with E-state index in [9.17, 15) is 4.79 Å². The Balaban J connectivity index is 1.66. The highest BCUT2D eigenvalue weighted by Gasteiger charge is 2.45. The number of hydrogen-bond acceptors (Lipinski definition) is 5. The molecule has 2 aromatic heterocycles. The molecule has 2 aliphatic rings. The van der Waals surface area contributed by atoms with E-state index in [1.807, 2.05) is 24.9 Å². The molecule has 126 valence electrons. The molecular formula is C18H22N4O2. The summed E-state index contributed by atoms with van der Waals surface area (Å²) in [4.78, 5) is 24.1. The van der Waals surface area contributed by atoms with Crippen LogP contribution in [0.15, 0.2) is 10.7 Å². The summed E-state index contributed by atoms with van der Waals surface area (Å²) in [5, 5.41) is 3.93. The molecule has 1 saturated heterocycles. The molecule has 2 aromatic rings. The first-order valence-corrected chi connectivity index (χ1v) is 8.55. The van der Waals surface area contributed by atoms with Crippen LogP contribution in [-0.4, -0.2) is 39.0 Å². The normalized spacial score (nSPS) is 22.9. The van der Waals surface area contributed by atoms with Crippen molar-refractivity contribution in [3.8, 4) is 0 Å². The third kappa shape index (κ3) is 2.24. The minimum atomic E-state index is -0.0179. The van der Waals surface area contributed by atoms with Gasteiger partial charge in [-0.1, -0.05) is 5.16 Å². The Bertz CT molecular complexity index is 790. The van der Waals surface area contributed by atoms with E-state index in [1.54, 1.807) is 6.92 Å². The van der Waals surface area contributed by atoms with Gasteiger partial charge in [-0.3, -0.25) is 4.79 Å². The molecule has 0 N–H and O–H groups in total. The van der Waals surface area contributed by atoms with Crippen molar-refractivity contribution in [3.63, 3.8) is 0 Å². The molecule has 1 atom stereocenters. The highest BCUT2D eigenvalue weighted by molar-refractivity contribution is 5.96. The molecule has 1 unspecified atom stereocenters. The van der Waals surface area contributed by atoms with Gasteiger partial charge in [-0.15, -0.1) is 0 Å². The predicted molar refractivity (Wildman–Crippen MR) is 87.9 cm³/mol. The maximum Gasteiger partial charge on any atom is 0.259 e. The van der Waals surface area contributed by atoms with Gasteiger partial charge in [-0.05, 0) is 52.0 Å². The van der Waals surface area contributed by atoms with E-state index in [2.05, 4.69) is 10.1 Å². The Morgan fingerprint density at radius 2 is 2.12 bits per heavy atom. The smallest absolute Gasteiger partial charge is 0.259 e. The average molecular weight is 326 g/mol. The first-order chi connectivity index (χ1) is 11.5. The highest BCUT2D eigenvalue weighted by Crippen LogP contribution is 2.44. The molecule has 1 amide bonds. The number of likely N-dealkylation sites (tertiary alicyclic amines) is 1. The van der Waals surface area contributed by atoms with Gasteiger partial charge in [0.15, 0.2) is 0 Å². The second-order valence-electron chi connectivity index (χ2n) is 7.10. The van der Waals surface area contributed by atoms with E-state index in [4.69, 9.17) is 9.51 Å². The first kappa shape index (κ1) is 15.3. The van der Waals surface area contributed by atoms with Gasteiger partial charge in [0.1, 0.15) is 17.1 Å². The maximum atomic E-state index is 13.0. The lowest BCUT2D eigenvalue weighted by atomic mass is 9.77. The Kier molecular flexibility index (Phi) is 3.44. The average Bonchev–Trinajstić information content (AvgIpc) is 3.08. The van der Waals surface area contributed by atoms with Crippen LogP contribution in [0.25, 0.3) is 0 Å². The fourth-order valence-electron chi connectivity index (χ4n) is 4.28. The molecule has 0 bridgehead atoms. The zero-order valence-corrected chi connectivity index (χ0v) is 14.4. The minimum Gasteiger partial charge on any atom is -0.361 e. The van der Waals surface area contributed by atoms with Crippen LogP contribution in [0.4, 0.5) is 0 Å². The second-order valence-corrected chi connectivity index (χ2v) is 7.10. The number of rotatable bonds is 1. The van der Waals surface area contributed by atoms with Gasteiger partial charge < -0.3 is 9.42 Å². The molecule has 1 spiro atoms. The van der Waals surface area contributed by atoms with E-state index in [0.717, 1.165) is 50.3 Å². The van der Waals surface area contributed by atoms with Gasteiger partial charge in [-0.25, -0.2) is 9.97 Å². The zero-order chi connectivity index (χ0) is 16.9. The van der Waals surface area contributed by atoms with E-state index >= 15 is 0 Å². The van der Waals surface area contributed by atoms with Crippen LogP contribution in [0.5, 0.6) is 0 Å². The summed E-state index contributed by atoms with van der Waals surface area (Å²) < 4.78 is 5.18. The number of carbonyl (C=O) groups is 1. The summed E-state index contributed by atoms with van der Waals surface area (Å²) in [6.45, 7) is 7.06. The number of fused-ring (bicyclic) bond motifs is 2. The van der Waals surface area contributed by atoms with Crippen LogP contribution in [-0.2, 0) is 11.8 Å².